The fraction of sp³-hybridized carbons (Fsp3) is 0.550. The predicted octanol–water partition coefficient (Wildman–Crippen LogP) is 1.39. The van der Waals surface area contributed by atoms with Crippen molar-refractivity contribution in [3.8, 4) is 17.5 Å². The molecule has 32 heavy (non-hydrogen) atoms. The van der Waals surface area contributed by atoms with Gasteiger partial charge in [0.2, 0.25) is 0 Å². The summed E-state index contributed by atoms with van der Waals surface area (Å²) in [6.45, 7) is 3.29. The lowest BCUT2D eigenvalue weighted by molar-refractivity contribution is -0.144. The van der Waals surface area contributed by atoms with E-state index in [2.05, 4.69) is 26.3 Å². The number of hydrogen-bond acceptors (Lipinski definition) is 10. The lowest BCUT2D eigenvalue weighted by Crippen LogP contribution is -2.37. The topological polar surface area (TPSA) is 140 Å². The molecular weight excluding hydrogens is 436 g/mol. The van der Waals surface area contributed by atoms with E-state index in [9.17, 15) is 18.5 Å². The largest absolute Gasteiger partial charge is 0.466 e. The average molecular weight is 463 g/mol. The third kappa shape index (κ3) is 5.80. The van der Waals surface area contributed by atoms with E-state index in [0.717, 1.165) is 25.6 Å². The molecule has 2 aromatic heterocycles. The van der Waals surface area contributed by atoms with Gasteiger partial charge in [0, 0.05) is 20.1 Å². The Morgan fingerprint density at radius 2 is 2.16 bits per heavy atom. The van der Waals surface area contributed by atoms with Crippen LogP contribution in [0.5, 0.6) is 0 Å². The van der Waals surface area contributed by atoms with Crippen LogP contribution in [-0.4, -0.2) is 60.3 Å². The molecule has 0 unspecified atom stereocenters. The molecule has 0 spiro atoms. The SMILES string of the molecule is CCOC(=O)C[C@@H]1CCCN(c2ccc(-c3nnn(C)c3COS(C)(=O)=O)nc2C#N)C1. The van der Waals surface area contributed by atoms with Crippen molar-refractivity contribution in [1.82, 2.24) is 20.0 Å². The van der Waals surface area contributed by atoms with Crippen molar-refractivity contribution >= 4 is 21.8 Å². The molecule has 12 heteroatoms. The lowest BCUT2D eigenvalue weighted by atomic mass is 9.94. The first kappa shape index (κ1) is 23.6. The number of pyridine rings is 1. The Balaban J connectivity index is 1.83. The highest BCUT2D eigenvalue weighted by molar-refractivity contribution is 7.85. The van der Waals surface area contributed by atoms with Gasteiger partial charge < -0.3 is 9.64 Å². The molecule has 3 rings (SSSR count). The molecule has 0 amide bonds. The molecule has 0 saturated carbocycles. The van der Waals surface area contributed by atoms with E-state index in [1.807, 2.05) is 0 Å². The van der Waals surface area contributed by atoms with Crippen LogP contribution in [0.4, 0.5) is 5.69 Å². The van der Waals surface area contributed by atoms with Crippen LogP contribution in [0.1, 0.15) is 37.6 Å². The minimum absolute atomic E-state index is 0.147. The van der Waals surface area contributed by atoms with Crippen LogP contribution < -0.4 is 4.90 Å². The van der Waals surface area contributed by atoms with Gasteiger partial charge in [-0.2, -0.15) is 13.7 Å². The summed E-state index contributed by atoms with van der Waals surface area (Å²) in [6.07, 6.45) is 3.13. The Hall–Kier alpha value is -3.04. The molecule has 2 aromatic rings. The molecule has 11 nitrogen and oxygen atoms in total. The fourth-order valence-corrected chi connectivity index (χ4v) is 4.05. The molecule has 1 fully saturated rings. The maximum Gasteiger partial charge on any atom is 0.306 e. The first-order valence-corrected chi connectivity index (χ1v) is 12.1. The summed E-state index contributed by atoms with van der Waals surface area (Å²) in [5.74, 6) is -0.0615. The van der Waals surface area contributed by atoms with Crippen LogP contribution in [0.2, 0.25) is 0 Å². The second-order valence-electron chi connectivity index (χ2n) is 7.61. The van der Waals surface area contributed by atoms with E-state index < -0.39 is 10.1 Å². The monoisotopic (exact) mass is 462 g/mol. The molecule has 172 valence electrons. The van der Waals surface area contributed by atoms with Crippen LogP contribution in [-0.2, 0) is 37.5 Å². The van der Waals surface area contributed by atoms with Gasteiger partial charge in [-0.3, -0.25) is 8.98 Å². The second kappa shape index (κ2) is 10.1. The van der Waals surface area contributed by atoms with E-state index in [4.69, 9.17) is 8.92 Å². The Morgan fingerprint density at radius 3 is 2.84 bits per heavy atom. The smallest absolute Gasteiger partial charge is 0.306 e. The number of ether oxygens (including phenoxy) is 1. The number of esters is 1. The van der Waals surface area contributed by atoms with Gasteiger partial charge in [-0.1, -0.05) is 5.21 Å². The molecule has 3 heterocycles. The molecule has 0 radical (unpaired) electrons. The molecule has 1 aliphatic heterocycles. The molecule has 1 aliphatic rings. The summed E-state index contributed by atoms with van der Waals surface area (Å²) in [5, 5.41) is 17.7. The lowest BCUT2D eigenvalue weighted by Gasteiger charge is -2.34. The highest BCUT2D eigenvalue weighted by Crippen LogP contribution is 2.29. The van der Waals surface area contributed by atoms with Crippen molar-refractivity contribution in [2.45, 2.75) is 32.8 Å². The average Bonchev–Trinajstić information content (AvgIpc) is 3.12. The summed E-state index contributed by atoms with van der Waals surface area (Å²) in [4.78, 5) is 18.4. The molecule has 0 N–H and O–H groups in total. The number of anilines is 1. The van der Waals surface area contributed by atoms with E-state index in [-0.39, 0.29) is 24.2 Å². The normalized spacial score (nSPS) is 16.6. The summed E-state index contributed by atoms with van der Waals surface area (Å²) < 4.78 is 34.1. The highest BCUT2D eigenvalue weighted by Gasteiger charge is 2.26. The van der Waals surface area contributed by atoms with Gasteiger partial charge in [0.15, 0.2) is 5.69 Å². The van der Waals surface area contributed by atoms with Crippen molar-refractivity contribution < 1.29 is 22.1 Å². The van der Waals surface area contributed by atoms with E-state index in [0.29, 0.717) is 42.3 Å². The van der Waals surface area contributed by atoms with E-state index in [1.165, 1.54) is 4.68 Å². The number of aryl methyl sites for hydroxylation is 1. The van der Waals surface area contributed by atoms with Crippen molar-refractivity contribution in [2.75, 3.05) is 30.9 Å². The van der Waals surface area contributed by atoms with Gasteiger partial charge in [-0.25, -0.2) is 9.67 Å². The molecule has 1 saturated heterocycles. The van der Waals surface area contributed by atoms with Crippen LogP contribution >= 0.6 is 0 Å². The number of nitriles is 1. The Morgan fingerprint density at radius 1 is 1.38 bits per heavy atom. The first-order valence-electron chi connectivity index (χ1n) is 10.3. The minimum Gasteiger partial charge on any atom is -0.466 e. The predicted molar refractivity (Wildman–Crippen MR) is 115 cm³/mol. The standard InChI is InChI=1S/C20H26N6O5S/c1-4-30-19(27)10-14-6-5-9-26(12-14)17-8-7-15(22-16(17)11-21)20-18(25(2)24-23-20)13-31-32(3,28)29/h7-8,14H,4-6,9-10,12-13H2,1-3H3/t14-/m0/s1. The molecular formula is C20H26N6O5S. The van der Waals surface area contributed by atoms with Crippen molar-refractivity contribution in [3.63, 3.8) is 0 Å². The molecule has 0 bridgehead atoms. The number of hydrogen-bond donors (Lipinski definition) is 0. The van der Waals surface area contributed by atoms with Gasteiger partial charge in [-0.15, -0.1) is 5.10 Å². The maximum atomic E-state index is 11.9. The number of piperidine rings is 1. The molecule has 0 aliphatic carbocycles. The second-order valence-corrected chi connectivity index (χ2v) is 9.26. The minimum atomic E-state index is -3.65. The fourth-order valence-electron chi connectivity index (χ4n) is 3.73. The van der Waals surface area contributed by atoms with Crippen LogP contribution in [0, 0.1) is 17.2 Å². The highest BCUT2D eigenvalue weighted by atomic mass is 32.2. The number of nitrogens with zero attached hydrogens (tertiary/aromatic N) is 6. The third-order valence-electron chi connectivity index (χ3n) is 5.20. The first-order chi connectivity index (χ1) is 15.2. The number of rotatable bonds is 8. The zero-order valence-electron chi connectivity index (χ0n) is 18.3. The zero-order valence-corrected chi connectivity index (χ0v) is 19.1. The van der Waals surface area contributed by atoms with Crippen molar-refractivity contribution in [3.05, 3.63) is 23.5 Å². The summed E-state index contributed by atoms with van der Waals surface area (Å²) in [7, 11) is -2.03. The zero-order chi connectivity index (χ0) is 23.3. The van der Waals surface area contributed by atoms with Crippen LogP contribution in [0.3, 0.4) is 0 Å². The van der Waals surface area contributed by atoms with Gasteiger partial charge in [-0.05, 0) is 37.8 Å². The Bertz CT molecular complexity index is 1120. The van der Waals surface area contributed by atoms with Gasteiger partial charge in [0.05, 0.1) is 36.4 Å². The Labute approximate surface area is 187 Å². The van der Waals surface area contributed by atoms with Crippen molar-refractivity contribution in [1.29, 1.82) is 5.26 Å². The molecule has 1 atom stereocenters. The number of carbonyl (C=O) groups excluding carboxylic acids is 1. The van der Waals surface area contributed by atoms with E-state index >= 15 is 0 Å². The summed E-state index contributed by atoms with van der Waals surface area (Å²) in [6, 6.07) is 5.65. The Kier molecular flexibility index (Phi) is 7.42. The maximum absolute atomic E-state index is 11.9. The quantitative estimate of drug-likeness (QED) is 0.417. The number of aromatic nitrogens is 4. The third-order valence-corrected chi connectivity index (χ3v) is 5.74. The summed E-state index contributed by atoms with van der Waals surface area (Å²) >= 11 is 0. The molecule has 0 aromatic carbocycles. The van der Waals surface area contributed by atoms with E-state index in [1.54, 1.807) is 26.1 Å². The van der Waals surface area contributed by atoms with Gasteiger partial charge in [0.1, 0.15) is 18.4 Å². The van der Waals surface area contributed by atoms with Crippen LogP contribution in [0.25, 0.3) is 11.4 Å². The van der Waals surface area contributed by atoms with Gasteiger partial charge >= 0.3 is 5.97 Å². The summed E-state index contributed by atoms with van der Waals surface area (Å²) in [5.41, 5.74) is 2.07. The number of carbonyl (C=O) groups is 1. The van der Waals surface area contributed by atoms with Gasteiger partial charge in [0.25, 0.3) is 10.1 Å². The van der Waals surface area contributed by atoms with Crippen LogP contribution in [0.15, 0.2) is 12.1 Å². The van der Waals surface area contributed by atoms with Crippen molar-refractivity contribution in [2.24, 2.45) is 13.0 Å².